The van der Waals surface area contributed by atoms with Crippen molar-refractivity contribution >= 4 is 17.9 Å². The summed E-state index contributed by atoms with van der Waals surface area (Å²) >= 11 is 0. The molecule has 1 rings (SSSR count). The van der Waals surface area contributed by atoms with Gasteiger partial charge in [-0.2, -0.15) is 0 Å². The Morgan fingerprint density at radius 2 is 1.16 bits per heavy atom. The van der Waals surface area contributed by atoms with Gasteiger partial charge in [-0.1, -0.05) is 12.8 Å². The van der Waals surface area contributed by atoms with Crippen molar-refractivity contribution in [3.05, 3.63) is 12.6 Å². The number of halogens is 1. The summed E-state index contributed by atoms with van der Waals surface area (Å²) in [5.74, 6) is -0.567. The summed E-state index contributed by atoms with van der Waals surface area (Å²) in [6, 6.07) is -0.152. The fourth-order valence-electron chi connectivity index (χ4n) is 4.65. The fourth-order valence-corrected chi connectivity index (χ4v) is 4.65. The Labute approximate surface area is 302 Å². The summed E-state index contributed by atoms with van der Waals surface area (Å²) < 4.78 is 65.4. The maximum absolute atomic E-state index is 11.8. The molecule has 1 aliphatic rings. The van der Waals surface area contributed by atoms with Crippen LogP contribution < -0.4 is 16.0 Å². The van der Waals surface area contributed by atoms with E-state index >= 15 is 0 Å². The smallest absolute Gasteiger partial charge is 0.314 e. The number of hydrogen-bond acceptors (Lipinski definition) is 13. The molecule has 0 aromatic heterocycles. The van der Waals surface area contributed by atoms with Crippen LogP contribution in [0.5, 0.6) is 0 Å². The van der Waals surface area contributed by atoms with E-state index in [-0.39, 0.29) is 43.4 Å². The second kappa shape index (κ2) is 35.9. The van der Waals surface area contributed by atoms with Crippen molar-refractivity contribution < 1.29 is 66.1 Å². The van der Waals surface area contributed by atoms with E-state index in [2.05, 4.69) is 20.7 Å². The second-order valence-electron chi connectivity index (χ2n) is 11.3. The number of esters is 1. The summed E-state index contributed by atoms with van der Waals surface area (Å²) in [6.07, 6.45) is 6.95. The van der Waals surface area contributed by atoms with Gasteiger partial charge in [0.2, 0.25) is 5.91 Å². The van der Waals surface area contributed by atoms with Crippen LogP contribution in [0.25, 0.3) is 0 Å². The van der Waals surface area contributed by atoms with E-state index in [9.17, 15) is 18.8 Å². The molecule has 2 atom stereocenters. The summed E-state index contributed by atoms with van der Waals surface area (Å²) in [5, 5.41) is 8.46. The molecule has 0 radical (unpaired) electrons. The largest absolute Gasteiger partial charge is 0.432 e. The molecule has 17 heteroatoms. The van der Waals surface area contributed by atoms with Gasteiger partial charge in [0, 0.05) is 33.2 Å². The van der Waals surface area contributed by atoms with Crippen LogP contribution in [0, 0.1) is 0 Å². The lowest BCUT2D eigenvalue weighted by atomic mass is 9.97. The highest BCUT2D eigenvalue weighted by molar-refractivity contribution is 5.73. The Hall–Kier alpha value is -2.48. The van der Waals surface area contributed by atoms with Gasteiger partial charge in [-0.05, 0) is 25.7 Å². The third-order valence-electron chi connectivity index (χ3n) is 7.10. The average molecular weight is 740 g/mol. The summed E-state index contributed by atoms with van der Waals surface area (Å²) in [5.41, 5.74) is 0. The normalized spacial score (nSPS) is 16.0. The van der Waals surface area contributed by atoms with Gasteiger partial charge < -0.3 is 63.3 Å². The van der Waals surface area contributed by atoms with Crippen molar-refractivity contribution in [3.63, 3.8) is 0 Å². The molecule has 0 spiro atoms. The zero-order valence-electron chi connectivity index (χ0n) is 30.4. The number of rotatable bonds is 35. The highest BCUT2D eigenvalue weighted by Crippen LogP contribution is 2.19. The van der Waals surface area contributed by atoms with Crippen LogP contribution >= 0.6 is 0 Å². The predicted octanol–water partition coefficient (Wildman–Crippen LogP) is 2.04. The molecule has 298 valence electrons. The fraction of sp³-hybridized carbons (Fsp3) is 0.853. The monoisotopic (exact) mass is 739 g/mol. The molecule has 1 fully saturated rings. The highest BCUT2D eigenvalue weighted by atomic mass is 19.1. The van der Waals surface area contributed by atoms with Crippen LogP contribution in [0.15, 0.2) is 12.6 Å². The Balaban J connectivity index is 1.71. The van der Waals surface area contributed by atoms with Gasteiger partial charge >= 0.3 is 12.0 Å². The lowest BCUT2D eigenvalue weighted by Gasteiger charge is -2.32. The minimum Gasteiger partial charge on any atom is -0.432 e. The van der Waals surface area contributed by atoms with E-state index in [0.29, 0.717) is 118 Å². The quantitative estimate of drug-likeness (QED) is 0.0489. The Morgan fingerprint density at radius 3 is 1.67 bits per heavy atom. The molecule has 0 aromatic rings. The molecule has 0 saturated carbocycles. The van der Waals surface area contributed by atoms with Gasteiger partial charge in [0.15, 0.2) is 0 Å². The van der Waals surface area contributed by atoms with Crippen LogP contribution in [0.3, 0.4) is 0 Å². The number of hydrogen-bond donors (Lipinski definition) is 3. The maximum atomic E-state index is 11.8. The van der Waals surface area contributed by atoms with E-state index in [4.69, 9.17) is 42.6 Å². The van der Waals surface area contributed by atoms with Gasteiger partial charge in [-0.15, -0.1) is 0 Å². The zero-order valence-corrected chi connectivity index (χ0v) is 30.4. The Kier molecular flexibility index (Phi) is 32.8. The summed E-state index contributed by atoms with van der Waals surface area (Å²) in [4.78, 5) is 34.3. The van der Waals surface area contributed by atoms with Gasteiger partial charge in [0.1, 0.15) is 12.6 Å². The topological polar surface area (TPSA) is 180 Å². The molecule has 3 amide bonds. The second-order valence-corrected chi connectivity index (χ2v) is 11.3. The van der Waals surface area contributed by atoms with E-state index < -0.39 is 5.97 Å². The number of unbranched alkanes of at least 4 members (excludes halogenated alkanes) is 2. The first kappa shape index (κ1) is 46.5. The van der Waals surface area contributed by atoms with Crippen LogP contribution in [-0.2, 0) is 57.0 Å². The molecule has 2 unspecified atom stereocenters. The molecule has 1 heterocycles. The van der Waals surface area contributed by atoms with Crippen LogP contribution in [0.4, 0.5) is 9.18 Å². The van der Waals surface area contributed by atoms with E-state index in [1.54, 1.807) is 6.92 Å². The molecule has 0 aromatic carbocycles. The SMILES string of the molecule is CC(=O)NC1CCCOC1CCCCCOCCOCCNC(=O)NCCOCCOCCOCCOCCOCCOCCC(=O)O/C=C\F. The Bertz CT molecular complexity index is 875. The van der Waals surface area contributed by atoms with Crippen molar-refractivity contribution in [2.75, 3.05) is 125 Å². The van der Waals surface area contributed by atoms with Crippen molar-refractivity contribution in [3.8, 4) is 0 Å². The summed E-state index contributed by atoms with van der Waals surface area (Å²) in [6.45, 7) is 9.81. The number of carbonyl (C=O) groups excluding carboxylic acids is 3. The number of carbonyl (C=O) groups is 3. The molecule has 51 heavy (non-hydrogen) atoms. The van der Waals surface area contributed by atoms with E-state index in [1.165, 1.54) is 0 Å². The number of amides is 3. The minimum atomic E-state index is -0.567. The standard InChI is InChI=1S/C34H62FN3O13/c1-30(39)38-31-6-5-13-50-32(31)7-3-2-4-12-42-18-20-44-16-10-36-34(41)37-11-17-45-21-23-47-25-27-49-29-28-48-26-24-46-22-19-43-14-8-33(40)51-15-9-35/h9,15,31-32H,2-8,10-14,16-29H2,1H3,(H,38,39)(H2,36,37,41)/b15-9-. The van der Waals surface area contributed by atoms with E-state index in [0.717, 1.165) is 45.1 Å². The van der Waals surface area contributed by atoms with Crippen molar-refractivity contribution in [2.24, 2.45) is 0 Å². The van der Waals surface area contributed by atoms with Gasteiger partial charge in [0.25, 0.3) is 0 Å². The van der Waals surface area contributed by atoms with Gasteiger partial charge in [-0.3, -0.25) is 9.59 Å². The van der Waals surface area contributed by atoms with Crippen LogP contribution in [-0.4, -0.2) is 155 Å². The molecular formula is C34H62FN3O13. The van der Waals surface area contributed by atoms with Gasteiger partial charge in [-0.25, -0.2) is 9.18 Å². The molecule has 16 nitrogen and oxygen atoms in total. The predicted molar refractivity (Wildman–Crippen MR) is 184 cm³/mol. The molecule has 0 bridgehead atoms. The molecular weight excluding hydrogens is 677 g/mol. The molecule has 0 aliphatic carbocycles. The maximum Gasteiger partial charge on any atom is 0.314 e. The summed E-state index contributed by atoms with van der Waals surface area (Å²) in [7, 11) is 0. The van der Waals surface area contributed by atoms with Crippen molar-refractivity contribution in [2.45, 2.75) is 64.0 Å². The highest BCUT2D eigenvalue weighted by Gasteiger charge is 2.25. The zero-order chi connectivity index (χ0) is 36.9. The third-order valence-corrected chi connectivity index (χ3v) is 7.10. The molecule has 1 aliphatic heterocycles. The van der Waals surface area contributed by atoms with E-state index in [1.807, 2.05) is 0 Å². The molecule has 3 N–H and O–H groups in total. The first-order valence-corrected chi connectivity index (χ1v) is 18.0. The van der Waals surface area contributed by atoms with Crippen molar-refractivity contribution in [1.82, 2.24) is 16.0 Å². The Morgan fingerprint density at radius 1 is 0.667 bits per heavy atom. The number of ether oxygens (including phenoxy) is 10. The average Bonchev–Trinajstić information content (AvgIpc) is 3.12. The third kappa shape index (κ3) is 31.9. The van der Waals surface area contributed by atoms with Crippen molar-refractivity contribution in [1.29, 1.82) is 0 Å². The van der Waals surface area contributed by atoms with Crippen LogP contribution in [0.1, 0.15) is 51.9 Å². The minimum absolute atomic E-state index is 0.0000341. The first-order chi connectivity index (χ1) is 25.0. The number of urea groups is 1. The lowest BCUT2D eigenvalue weighted by molar-refractivity contribution is -0.139. The lowest BCUT2D eigenvalue weighted by Crippen LogP contribution is -2.46. The van der Waals surface area contributed by atoms with Gasteiger partial charge in [0.05, 0.1) is 118 Å². The first-order valence-electron chi connectivity index (χ1n) is 18.0. The van der Waals surface area contributed by atoms with Crippen LogP contribution in [0.2, 0.25) is 0 Å². The molecule has 1 saturated heterocycles. The number of nitrogens with one attached hydrogen (secondary N) is 3.